The van der Waals surface area contributed by atoms with Crippen LogP contribution >= 0.6 is 0 Å². The zero-order valence-corrected chi connectivity index (χ0v) is 31.7. The van der Waals surface area contributed by atoms with Gasteiger partial charge in [-0.05, 0) is 82.1 Å². The van der Waals surface area contributed by atoms with Gasteiger partial charge in [-0.15, -0.1) is 0 Å². The lowest BCUT2D eigenvalue weighted by molar-refractivity contribution is -0.154. The smallest absolute Gasteiger partial charge is 0.407 e. The zero-order valence-electron chi connectivity index (χ0n) is 31.7. The largest absolute Gasteiger partial charge is 0.460 e. The molecule has 2 amide bonds. The molecule has 2 aromatic carbocycles. The molecule has 278 valence electrons. The Morgan fingerprint density at radius 1 is 0.660 bits per heavy atom. The van der Waals surface area contributed by atoms with Crippen molar-refractivity contribution in [3.05, 3.63) is 59.7 Å². The third-order valence-electron chi connectivity index (χ3n) is 9.54. The zero-order chi connectivity index (χ0) is 36.0. The minimum absolute atomic E-state index is 0.0657. The van der Waals surface area contributed by atoms with Crippen molar-refractivity contribution in [2.45, 2.75) is 167 Å². The number of carbonyl (C=O) groups excluding carboxylic acids is 3. The van der Waals surface area contributed by atoms with Crippen LogP contribution in [0.2, 0.25) is 0 Å². The van der Waals surface area contributed by atoms with E-state index < -0.39 is 0 Å². The van der Waals surface area contributed by atoms with Gasteiger partial charge in [-0.25, -0.2) is 4.79 Å². The molecule has 7 heteroatoms. The Balaban J connectivity index is 1.06. The highest BCUT2D eigenvalue weighted by atomic mass is 16.6. The Morgan fingerprint density at radius 2 is 1.14 bits per heavy atom. The summed E-state index contributed by atoms with van der Waals surface area (Å²) in [6, 6.07) is 16.8. The predicted molar refractivity (Wildman–Crippen MR) is 204 cm³/mol. The summed E-state index contributed by atoms with van der Waals surface area (Å²) in [5.74, 6) is 0.144. The SMILES string of the molecule is C[C@@H](CCCCNC(=O)OCC1c2ccccc2-c2ccccc21)NC(=O)CCCCCCCCCCCCCCCCC(=O)OC(C)(C)C. The number of rotatable bonds is 25. The molecule has 0 unspecified atom stereocenters. The summed E-state index contributed by atoms with van der Waals surface area (Å²) >= 11 is 0. The fourth-order valence-electron chi connectivity index (χ4n) is 6.90. The summed E-state index contributed by atoms with van der Waals surface area (Å²) in [7, 11) is 0. The number of benzene rings is 2. The Morgan fingerprint density at radius 3 is 1.66 bits per heavy atom. The van der Waals surface area contributed by atoms with Gasteiger partial charge < -0.3 is 20.1 Å². The molecule has 1 aliphatic carbocycles. The first-order chi connectivity index (χ1) is 24.1. The Hall–Kier alpha value is -3.35. The molecule has 1 atom stereocenters. The molecule has 2 N–H and O–H groups in total. The van der Waals surface area contributed by atoms with Gasteiger partial charge in [0.15, 0.2) is 0 Å². The lowest BCUT2D eigenvalue weighted by Crippen LogP contribution is -2.32. The van der Waals surface area contributed by atoms with Crippen LogP contribution in [0.4, 0.5) is 4.79 Å². The van der Waals surface area contributed by atoms with Crippen LogP contribution in [-0.4, -0.2) is 42.8 Å². The molecule has 0 heterocycles. The molecule has 0 aromatic heterocycles. The highest BCUT2D eigenvalue weighted by Crippen LogP contribution is 2.44. The molecule has 0 aliphatic heterocycles. The molecule has 3 rings (SSSR count). The van der Waals surface area contributed by atoms with Crippen LogP contribution in [-0.2, 0) is 19.1 Å². The molecule has 0 radical (unpaired) electrons. The number of hydrogen-bond donors (Lipinski definition) is 2. The predicted octanol–water partition coefficient (Wildman–Crippen LogP) is 10.8. The normalized spacial score (nSPS) is 13.0. The maximum Gasteiger partial charge on any atom is 0.407 e. The van der Waals surface area contributed by atoms with E-state index in [1.807, 2.05) is 32.9 Å². The molecule has 50 heavy (non-hydrogen) atoms. The van der Waals surface area contributed by atoms with E-state index in [0.717, 1.165) is 44.9 Å². The lowest BCUT2D eigenvalue weighted by Gasteiger charge is -2.19. The van der Waals surface area contributed by atoms with E-state index in [1.165, 1.54) is 86.5 Å². The highest BCUT2D eigenvalue weighted by molar-refractivity contribution is 5.79. The van der Waals surface area contributed by atoms with Gasteiger partial charge in [-0.1, -0.05) is 126 Å². The number of esters is 1. The third-order valence-corrected chi connectivity index (χ3v) is 9.54. The number of fused-ring (bicyclic) bond motifs is 3. The van der Waals surface area contributed by atoms with Crippen LogP contribution in [0.5, 0.6) is 0 Å². The summed E-state index contributed by atoms with van der Waals surface area (Å²) < 4.78 is 11.0. The standard InChI is InChI=1S/C43H66N2O5/c1-34(25-23-24-32-44-42(48)49-33-39-37-28-21-19-26-35(37)36-27-20-22-29-38(36)39)45-40(46)30-17-15-13-11-9-7-5-6-8-10-12-14-16-18-31-41(47)50-43(2,3)4/h19-22,26-29,34,39H,5-18,23-25,30-33H2,1-4H3,(H,44,48)(H,45,46)/t34-/m0/s1. The minimum atomic E-state index is -0.378. The van der Waals surface area contributed by atoms with Gasteiger partial charge in [0.25, 0.3) is 0 Å². The van der Waals surface area contributed by atoms with Crippen LogP contribution in [0.15, 0.2) is 48.5 Å². The van der Waals surface area contributed by atoms with Crippen LogP contribution in [0.3, 0.4) is 0 Å². The number of hydrogen-bond acceptors (Lipinski definition) is 5. The topological polar surface area (TPSA) is 93.7 Å². The van der Waals surface area contributed by atoms with Gasteiger partial charge in [-0.3, -0.25) is 9.59 Å². The number of carbonyl (C=O) groups is 3. The summed E-state index contributed by atoms with van der Waals surface area (Å²) in [6.45, 7) is 8.70. The molecule has 0 spiro atoms. The van der Waals surface area contributed by atoms with Crippen LogP contribution in [0.25, 0.3) is 11.1 Å². The first-order valence-electron chi connectivity index (χ1n) is 19.7. The van der Waals surface area contributed by atoms with Crippen molar-refractivity contribution in [1.82, 2.24) is 10.6 Å². The fourth-order valence-corrected chi connectivity index (χ4v) is 6.90. The number of unbranched alkanes of at least 4 members (excludes halogenated alkanes) is 14. The number of nitrogens with one attached hydrogen (secondary N) is 2. The molecular weight excluding hydrogens is 624 g/mol. The molecule has 0 fully saturated rings. The van der Waals surface area contributed by atoms with Crippen LogP contribution in [0, 0.1) is 0 Å². The maximum absolute atomic E-state index is 12.4. The van der Waals surface area contributed by atoms with Gasteiger partial charge in [0, 0.05) is 31.3 Å². The first kappa shape index (κ1) is 41.1. The van der Waals surface area contributed by atoms with Crippen molar-refractivity contribution < 1.29 is 23.9 Å². The number of alkyl carbamates (subject to hydrolysis) is 1. The lowest BCUT2D eigenvalue weighted by atomic mass is 9.98. The van der Waals surface area contributed by atoms with Gasteiger partial charge >= 0.3 is 12.1 Å². The van der Waals surface area contributed by atoms with E-state index in [1.54, 1.807) is 0 Å². The van der Waals surface area contributed by atoms with E-state index in [-0.39, 0.29) is 35.5 Å². The number of amides is 2. The molecule has 7 nitrogen and oxygen atoms in total. The molecule has 2 aromatic rings. The quantitative estimate of drug-likeness (QED) is 0.0799. The average Bonchev–Trinajstić information content (AvgIpc) is 3.39. The average molecular weight is 691 g/mol. The molecule has 1 aliphatic rings. The van der Waals surface area contributed by atoms with Gasteiger partial charge in [-0.2, -0.15) is 0 Å². The van der Waals surface area contributed by atoms with E-state index in [0.29, 0.717) is 26.0 Å². The van der Waals surface area contributed by atoms with E-state index >= 15 is 0 Å². The van der Waals surface area contributed by atoms with Gasteiger partial charge in [0.05, 0.1) is 0 Å². The number of ether oxygens (including phenoxy) is 2. The first-order valence-corrected chi connectivity index (χ1v) is 19.7. The van der Waals surface area contributed by atoms with E-state index in [2.05, 4.69) is 54.0 Å². The van der Waals surface area contributed by atoms with Crippen molar-refractivity contribution in [1.29, 1.82) is 0 Å². The van der Waals surface area contributed by atoms with Crippen molar-refractivity contribution in [3.8, 4) is 11.1 Å². The van der Waals surface area contributed by atoms with Crippen molar-refractivity contribution in [2.75, 3.05) is 13.2 Å². The second-order valence-corrected chi connectivity index (χ2v) is 15.3. The summed E-state index contributed by atoms with van der Waals surface area (Å²) in [4.78, 5) is 36.5. The molecule has 0 saturated carbocycles. The van der Waals surface area contributed by atoms with Crippen molar-refractivity contribution >= 4 is 18.0 Å². The second kappa shape index (κ2) is 23.2. The highest BCUT2D eigenvalue weighted by Gasteiger charge is 2.29. The molecule has 0 bridgehead atoms. The van der Waals surface area contributed by atoms with Gasteiger partial charge in [0.2, 0.25) is 5.91 Å². The van der Waals surface area contributed by atoms with Crippen molar-refractivity contribution in [2.24, 2.45) is 0 Å². The monoisotopic (exact) mass is 690 g/mol. The fraction of sp³-hybridized carbons (Fsp3) is 0.651. The Labute approximate surface area is 303 Å². The maximum atomic E-state index is 12.4. The van der Waals surface area contributed by atoms with Crippen LogP contribution < -0.4 is 10.6 Å². The summed E-state index contributed by atoms with van der Waals surface area (Å²) in [5.41, 5.74) is 4.49. The molecular formula is C43H66N2O5. The minimum Gasteiger partial charge on any atom is -0.460 e. The summed E-state index contributed by atoms with van der Waals surface area (Å²) in [5, 5.41) is 6.03. The van der Waals surface area contributed by atoms with E-state index in [4.69, 9.17) is 9.47 Å². The van der Waals surface area contributed by atoms with Gasteiger partial charge in [0.1, 0.15) is 12.2 Å². The van der Waals surface area contributed by atoms with Crippen molar-refractivity contribution in [3.63, 3.8) is 0 Å². The third kappa shape index (κ3) is 16.6. The Bertz CT molecular complexity index is 1240. The Kier molecular flexibility index (Phi) is 19.0. The second-order valence-electron chi connectivity index (χ2n) is 15.3. The van der Waals surface area contributed by atoms with Crippen LogP contribution in [0.1, 0.15) is 167 Å². The van der Waals surface area contributed by atoms with E-state index in [9.17, 15) is 14.4 Å². The molecule has 0 saturated heterocycles. The summed E-state index contributed by atoms with van der Waals surface area (Å²) in [6.07, 6.45) is 20.4.